The number of thiocarbonyl (C=S) groups is 1. The van der Waals surface area contributed by atoms with Crippen molar-refractivity contribution >= 4 is 29.3 Å². The van der Waals surface area contributed by atoms with Gasteiger partial charge in [-0.3, -0.25) is 9.69 Å². The van der Waals surface area contributed by atoms with Crippen molar-refractivity contribution in [2.24, 2.45) is 0 Å². The summed E-state index contributed by atoms with van der Waals surface area (Å²) < 4.78 is 16.4. The van der Waals surface area contributed by atoms with E-state index < -0.39 is 0 Å². The summed E-state index contributed by atoms with van der Waals surface area (Å²) in [5.41, 5.74) is 2.10. The van der Waals surface area contributed by atoms with Crippen LogP contribution in [0.15, 0.2) is 17.8 Å². The fourth-order valence-corrected chi connectivity index (χ4v) is 3.45. The minimum Gasteiger partial charge on any atom is -0.496 e. The number of rotatable bonds is 5. The fourth-order valence-electron chi connectivity index (χ4n) is 3.19. The topological polar surface area (TPSA) is 60.0 Å². The molecule has 0 saturated carbocycles. The highest BCUT2D eigenvalue weighted by Crippen LogP contribution is 2.33. The van der Waals surface area contributed by atoms with E-state index in [0.29, 0.717) is 23.1 Å². The van der Waals surface area contributed by atoms with Crippen LogP contribution in [0.4, 0.5) is 0 Å². The van der Waals surface area contributed by atoms with E-state index >= 15 is 0 Å². The monoisotopic (exact) mass is 362 g/mol. The summed E-state index contributed by atoms with van der Waals surface area (Å²) in [6.45, 7) is 3.15. The van der Waals surface area contributed by atoms with Gasteiger partial charge >= 0.3 is 0 Å². The normalized spacial score (nSPS) is 21.8. The molecule has 0 unspecified atom stereocenters. The first-order chi connectivity index (χ1) is 12.0. The number of hydrogen-bond acceptors (Lipinski definition) is 5. The second-order valence-corrected chi connectivity index (χ2v) is 6.44. The van der Waals surface area contributed by atoms with Gasteiger partial charge in [-0.1, -0.05) is 0 Å². The molecule has 1 atom stereocenters. The van der Waals surface area contributed by atoms with E-state index in [4.69, 9.17) is 26.4 Å². The molecule has 2 aliphatic rings. The molecule has 2 saturated heterocycles. The van der Waals surface area contributed by atoms with E-state index in [0.717, 1.165) is 36.3 Å². The zero-order chi connectivity index (χ0) is 18.0. The van der Waals surface area contributed by atoms with Crippen molar-refractivity contribution < 1.29 is 19.0 Å². The number of methoxy groups -OCH3 is 2. The van der Waals surface area contributed by atoms with Gasteiger partial charge in [0.1, 0.15) is 17.2 Å². The number of ether oxygens (including phenoxy) is 3. The van der Waals surface area contributed by atoms with Crippen LogP contribution < -0.4 is 14.8 Å². The third-order valence-electron chi connectivity index (χ3n) is 4.48. The molecule has 2 fully saturated rings. The van der Waals surface area contributed by atoms with Crippen LogP contribution in [-0.4, -0.2) is 49.4 Å². The summed E-state index contributed by atoms with van der Waals surface area (Å²) in [5.74, 6) is 1.27. The first-order valence-corrected chi connectivity index (χ1v) is 8.63. The van der Waals surface area contributed by atoms with Gasteiger partial charge in [0.25, 0.3) is 5.91 Å². The van der Waals surface area contributed by atoms with E-state index in [1.165, 1.54) is 0 Å². The quantitative estimate of drug-likeness (QED) is 0.640. The zero-order valence-electron chi connectivity index (χ0n) is 14.6. The van der Waals surface area contributed by atoms with Gasteiger partial charge in [-0.05, 0) is 50.2 Å². The van der Waals surface area contributed by atoms with Gasteiger partial charge in [0, 0.05) is 17.7 Å². The molecule has 1 amide bonds. The number of benzene rings is 1. The molecule has 0 aromatic heterocycles. The lowest BCUT2D eigenvalue weighted by atomic mass is 10.1. The summed E-state index contributed by atoms with van der Waals surface area (Å²) in [5, 5.41) is 3.42. The van der Waals surface area contributed by atoms with Crippen molar-refractivity contribution in [3.8, 4) is 11.5 Å². The van der Waals surface area contributed by atoms with Crippen LogP contribution in [0, 0.1) is 6.92 Å². The van der Waals surface area contributed by atoms with Gasteiger partial charge in [-0.2, -0.15) is 0 Å². The number of hydrogen-bond donors (Lipinski definition) is 1. The highest BCUT2D eigenvalue weighted by molar-refractivity contribution is 7.80. The average Bonchev–Trinajstić information content (AvgIpc) is 3.20. The molecule has 6 nitrogen and oxygen atoms in total. The Hall–Kier alpha value is -2.12. The smallest absolute Gasteiger partial charge is 0.276 e. The van der Waals surface area contributed by atoms with E-state index in [2.05, 4.69) is 5.32 Å². The molecule has 0 aliphatic carbocycles. The number of carbonyl (C=O) groups is 1. The average molecular weight is 362 g/mol. The molecule has 25 heavy (non-hydrogen) atoms. The van der Waals surface area contributed by atoms with E-state index in [9.17, 15) is 4.79 Å². The van der Waals surface area contributed by atoms with Crippen molar-refractivity contribution in [1.29, 1.82) is 0 Å². The van der Waals surface area contributed by atoms with Crippen LogP contribution in [-0.2, 0) is 9.53 Å². The van der Waals surface area contributed by atoms with Crippen LogP contribution in [0.25, 0.3) is 6.08 Å². The summed E-state index contributed by atoms with van der Waals surface area (Å²) in [6, 6.07) is 3.71. The van der Waals surface area contributed by atoms with Gasteiger partial charge in [0.05, 0.1) is 26.9 Å². The second kappa shape index (κ2) is 7.41. The molecule has 0 spiro atoms. The van der Waals surface area contributed by atoms with E-state index in [1.807, 2.05) is 19.1 Å². The molecule has 1 aromatic carbocycles. The number of carbonyl (C=O) groups excluding carboxylic acids is 1. The molecule has 0 radical (unpaired) electrons. The molecule has 3 rings (SSSR count). The van der Waals surface area contributed by atoms with E-state index in [1.54, 1.807) is 25.2 Å². The molecule has 134 valence electrons. The maximum absolute atomic E-state index is 12.7. The van der Waals surface area contributed by atoms with Crippen molar-refractivity contribution in [3.63, 3.8) is 0 Å². The SMILES string of the molecule is COc1ccc(/C=C2/NC(=S)N(C[C@H]3CCCO3)C2=O)c(OC)c1C. The maximum Gasteiger partial charge on any atom is 0.276 e. The van der Waals surface area contributed by atoms with Crippen LogP contribution in [0.5, 0.6) is 11.5 Å². The van der Waals surface area contributed by atoms with Crippen molar-refractivity contribution in [1.82, 2.24) is 10.2 Å². The third kappa shape index (κ3) is 3.48. The Morgan fingerprint density at radius 1 is 1.40 bits per heavy atom. The van der Waals surface area contributed by atoms with Gasteiger partial charge in [0.15, 0.2) is 5.11 Å². The van der Waals surface area contributed by atoms with Crippen LogP contribution in [0.1, 0.15) is 24.0 Å². The predicted octanol–water partition coefficient (Wildman–Crippen LogP) is 2.25. The van der Waals surface area contributed by atoms with Crippen molar-refractivity contribution in [2.75, 3.05) is 27.4 Å². The second-order valence-electron chi connectivity index (χ2n) is 6.05. The van der Waals surface area contributed by atoms with Crippen molar-refractivity contribution in [3.05, 3.63) is 29.0 Å². The van der Waals surface area contributed by atoms with Crippen LogP contribution in [0.2, 0.25) is 0 Å². The Morgan fingerprint density at radius 2 is 2.20 bits per heavy atom. The molecule has 1 N–H and O–H groups in total. The standard InChI is InChI=1S/C18H22N2O4S/c1-11-15(22-2)7-6-12(16(11)23-3)9-14-17(21)20(18(25)19-14)10-13-5-4-8-24-13/h6-7,9,13H,4-5,8,10H2,1-3H3,(H,19,25)/b14-9+/t13-/m1/s1. The summed E-state index contributed by atoms with van der Waals surface area (Å²) >= 11 is 5.32. The molecule has 7 heteroatoms. The number of nitrogens with one attached hydrogen (secondary N) is 1. The number of amides is 1. The predicted molar refractivity (Wildman–Crippen MR) is 98.7 cm³/mol. The van der Waals surface area contributed by atoms with Gasteiger partial charge in [0.2, 0.25) is 0 Å². The Morgan fingerprint density at radius 3 is 2.84 bits per heavy atom. The minimum atomic E-state index is -0.143. The molecular weight excluding hydrogens is 340 g/mol. The summed E-state index contributed by atoms with van der Waals surface area (Å²) in [6.07, 6.45) is 3.80. The number of nitrogens with zero attached hydrogens (tertiary/aromatic N) is 1. The zero-order valence-corrected chi connectivity index (χ0v) is 15.4. The maximum atomic E-state index is 12.7. The molecule has 1 aromatic rings. The Labute approximate surface area is 152 Å². The first-order valence-electron chi connectivity index (χ1n) is 8.23. The fraction of sp³-hybridized carbons (Fsp3) is 0.444. The van der Waals surface area contributed by atoms with Crippen molar-refractivity contribution in [2.45, 2.75) is 25.9 Å². The lowest BCUT2D eigenvalue weighted by molar-refractivity contribution is -0.123. The van der Waals surface area contributed by atoms with Gasteiger partial charge in [-0.15, -0.1) is 0 Å². The lowest BCUT2D eigenvalue weighted by Crippen LogP contribution is -2.37. The summed E-state index contributed by atoms with van der Waals surface area (Å²) in [4.78, 5) is 14.3. The largest absolute Gasteiger partial charge is 0.496 e. The molecule has 0 bridgehead atoms. The Kier molecular flexibility index (Phi) is 5.24. The van der Waals surface area contributed by atoms with Crippen LogP contribution >= 0.6 is 12.2 Å². The highest BCUT2D eigenvalue weighted by Gasteiger charge is 2.33. The van der Waals surface area contributed by atoms with E-state index in [-0.39, 0.29) is 12.0 Å². The minimum absolute atomic E-state index is 0.0563. The van der Waals surface area contributed by atoms with Gasteiger partial charge in [-0.25, -0.2) is 0 Å². The highest BCUT2D eigenvalue weighted by atomic mass is 32.1. The summed E-state index contributed by atoms with van der Waals surface area (Å²) in [7, 11) is 3.21. The molecular formula is C18H22N2O4S. The Bertz CT molecular complexity index is 726. The Balaban J connectivity index is 1.85. The van der Waals surface area contributed by atoms with Gasteiger partial charge < -0.3 is 19.5 Å². The third-order valence-corrected chi connectivity index (χ3v) is 4.81. The molecule has 2 heterocycles. The first kappa shape index (κ1) is 17.7. The molecule has 2 aliphatic heterocycles. The lowest BCUT2D eigenvalue weighted by Gasteiger charge is -2.18. The van der Waals surface area contributed by atoms with Crippen LogP contribution in [0.3, 0.4) is 0 Å².